The first-order chi connectivity index (χ1) is 6.70. The Bertz CT molecular complexity index is 475. The van der Waals surface area contributed by atoms with Crippen LogP contribution in [-0.2, 0) is 0 Å². The lowest BCUT2D eigenvalue weighted by Gasteiger charge is -1.95. The molecule has 6 heteroatoms. The number of aromatic nitrogens is 2. The van der Waals surface area contributed by atoms with Crippen LogP contribution in [0.15, 0.2) is 11.4 Å². The Hall–Kier alpha value is -1.27. The highest BCUT2D eigenvalue weighted by molar-refractivity contribution is 7.14. The highest BCUT2D eigenvalue weighted by atomic mass is 32.1. The van der Waals surface area contributed by atoms with Crippen LogP contribution in [0.3, 0.4) is 0 Å². The molecule has 0 aliphatic carbocycles. The molecule has 0 unspecified atom stereocenters. The fourth-order valence-electron chi connectivity index (χ4n) is 1.13. The van der Waals surface area contributed by atoms with E-state index in [1.54, 1.807) is 11.4 Å². The number of carbonyl (C=O) groups is 1. The summed E-state index contributed by atoms with van der Waals surface area (Å²) >= 11 is 2.44. The SMILES string of the molecule is Cc1nnsc1-c1ccsc1C(=O)O. The normalized spacial score (nSPS) is 10.4. The minimum absolute atomic E-state index is 0.346. The standard InChI is InChI=1S/C8H6N2O2S2/c1-4-6(14-10-9-4)5-2-3-13-7(5)8(11)12/h2-3H,1H3,(H,11,12). The van der Waals surface area contributed by atoms with Crippen molar-refractivity contribution in [3.05, 3.63) is 22.0 Å². The van der Waals surface area contributed by atoms with Crippen molar-refractivity contribution in [2.45, 2.75) is 6.92 Å². The first kappa shape index (κ1) is 9.29. The van der Waals surface area contributed by atoms with Gasteiger partial charge in [-0.3, -0.25) is 0 Å². The number of aromatic carboxylic acids is 1. The molecule has 0 amide bonds. The molecule has 0 radical (unpaired) electrons. The fraction of sp³-hybridized carbons (Fsp3) is 0.125. The molecule has 0 saturated carbocycles. The van der Waals surface area contributed by atoms with Gasteiger partial charge in [-0.05, 0) is 29.9 Å². The van der Waals surface area contributed by atoms with Crippen LogP contribution < -0.4 is 0 Å². The van der Waals surface area contributed by atoms with Gasteiger partial charge >= 0.3 is 5.97 Å². The van der Waals surface area contributed by atoms with Crippen LogP contribution >= 0.6 is 22.9 Å². The molecule has 14 heavy (non-hydrogen) atoms. The molecule has 0 aliphatic rings. The van der Waals surface area contributed by atoms with E-state index < -0.39 is 5.97 Å². The van der Waals surface area contributed by atoms with E-state index in [2.05, 4.69) is 9.59 Å². The highest BCUT2D eigenvalue weighted by Gasteiger charge is 2.16. The second-order valence-corrected chi connectivity index (χ2v) is 4.33. The Labute approximate surface area is 88.0 Å². The van der Waals surface area contributed by atoms with Crippen molar-refractivity contribution in [1.82, 2.24) is 9.59 Å². The van der Waals surface area contributed by atoms with Crippen molar-refractivity contribution < 1.29 is 9.90 Å². The second-order valence-electron chi connectivity index (χ2n) is 2.66. The third-order valence-electron chi connectivity index (χ3n) is 1.76. The lowest BCUT2D eigenvalue weighted by molar-refractivity contribution is 0.0703. The van der Waals surface area contributed by atoms with Crippen LogP contribution in [-0.4, -0.2) is 20.7 Å². The Balaban J connectivity index is 2.57. The molecule has 2 aromatic rings. The Morgan fingerprint density at radius 3 is 2.93 bits per heavy atom. The molecular weight excluding hydrogens is 220 g/mol. The van der Waals surface area contributed by atoms with Crippen molar-refractivity contribution in [3.8, 4) is 10.4 Å². The third kappa shape index (κ3) is 1.42. The molecule has 2 aromatic heterocycles. The first-order valence-corrected chi connectivity index (χ1v) is 5.45. The number of rotatable bonds is 2. The van der Waals surface area contributed by atoms with Gasteiger partial charge in [-0.15, -0.1) is 16.4 Å². The lowest BCUT2D eigenvalue weighted by atomic mass is 10.2. The van der Waals surface area contributed by atoms with Crippen molar-refractivity contribution >= 4 is 28.8 Å². The summed E-state index contributed by atoms with van der Waals surface area (Å²) in [6.45, 7) is 1.82. The summed E-state index contributed by atoms with van der Waals surface area (Å²) in [5.74, 6) is -0.900. The summed E-state index contributed by atoms with van der Waals surface area (Å²) in [6, 6.07) is 1.79. The number of nitrogens with zero attached hydrogens (tertiary/aromatic N) is 2. The molecule has 2 rings (SSSR count). The summed E-state index contributed by atoms with van der Waals surface area (Å²) in [5.41, 5.74) is 1.49. The summed E-state index contributed by atoms with van der Waals surface area (Å²) in [6.07, 6.45) is 0. The molecule has 72 valence electrons. The van der Waals surface area contributed by atoms with E-state index in [9.17, 15) is 4.79 Å². The van der Waals surface area contributed by atoms with Crippen LogP contribution in [0, 0.1) is 6.92 Å². The predicted octanol–water partition coefficient (Wildman–Crippen LogP) is 2.27. The van der Waals surface area contributed by atoms with Gasteiger partial charge in [0.25, 0.3) is 0 Å². The van der Waals surface area contributed by atoms with Gasteiger partial charge in [-0.1, -0.05) is 4.49 Å². The Morgan fingerprint density at radius 2 is 2.36 bits per heavy atom. The van der Waals surface area contributed by atoms with Crippen LogP contribution in [0.2, 0.25) is 0 Å². The van der Waals surface area contributed by atoms with Gasteiger partial charge in [0.15, 0.2) is 0 Å². The van der Waals surface area contributed by atoms with E-state index in [-0.39, 0.29) is 0 Å². The molecule has 0 spiro atoms. The molecular formula is C8H6N2O2S2. The minimum atomic E-state index is -0.900. The summed E-state index contributed by atoms with van der Waals surface area (Å²) < 4.78 is 3.78. The average Bonchev–Trinajstić information content (AvgIpc) is 2.70. The Morgan fingerprint density at radius 1 is 1.57 bits per heavy atom. The number of hydrogen-bond donors (Lipinski definition) is 1. The van der Waals surface area contributed by atoms with Crippen molar-refractivity contribution in [3.63, 3.8) is 0 Å². The maximum atomic E-state index is 10.9. The largest absolute Gasteiger partial charge is 0.477 e. The molecule has 0 atom stereocenters. The molecule has 0 saturated heterocycles. The van der Waals surface area contributed by atoms with Gasteiger partial charge in [0.1, 0.15) is 4.88 Å². The van der Waals surface area contributed by atoms with E-state index in [0.717, 1.165) is 16.1 Å². The van der Waals surface area contributed by atoms with Crippen LogP contribution in [0.4, 0.5) is 0 Å². The van der Waals surface area contributed by atoms with Gasteiger partial charge in [-0.25, -0.2) is 4.79 Å². The minimum Gasteiger partial charge on any atom is -0.477 e. The molecule has 1 N–H and O–H groups in total. The van der Waals surface area contributed by atoms with Gasteiger partial charge < -0.3 is 5.11 Å². The second kappa shape index (κ2) is 3.47. The molecule has 0 bridgehead atoms. The van der Waals surface area contributed by atoms with E-state index in [4.69, 9.17) is 5.11 Å². The fourth-order valence-corrected chi connectivity index (χ4v) is 2.62. The number of aryl methyl sites for hydroxylation is 1. The zero-order valence-corrected chi connectivity index (χ0v) is 8.85. The van der Waals surface area contributed by atoms with E-state index >= 15 is 0 Å². The molecule has 4 nitrogen and oxygen atoms in total. The van der Waals surface area contributed by atoms with Gasteiger partial charge in [0, 0.05) is 5.56 Å². The number of thiophene rings is 1. The maximum Gasteiger partial charge on any atom is 0.346 e. The van der Waals surface area contributed by atoms with E-state index in [0.29, 0.717) is 4.88 Å². The van der Waals surface area contributed by atoms with Crippen LogP contribution in [0.25, 0.3) is 10.4 Å². The molecule has 0 aliphatic heterocycles. The number of carboxylic acid groups (broad SMARTS) is 1. The number of hydrogen-bond acceptors (Lipinski definition) is 5. The monoisotopic (exact) mass is 226 g/mol. The number of carboxylic acids is 1. The van der Waals surface area contributed by atoms with Gasteiger partial charge in [0.2, 0.25) is 0 Å². The zero-order chi connectivity index (χ0) is 10.1. The Kier molecular flexibility index (Phi) is 2.30. The molecule has 0 aromatic carbocycles. The highest BCUT2D eigenvalue weighted by Crippen LogP contribution is 2.32. The van der Waals surface area contributed by atoms with Crippen molar-refractivity contribution in [2.24, 2.45) is 0 Å². The topological polar surface area (TPSA) is 63.1 Å². The predicted molar refractivity (Wildman–Crippen MR) is 54.9 cm³/mol. The van der Waals surface area contributed by atoms with Gasteiger partial charge in [-0.2, -0.15) is 0 Å². The van der Waals surface area contributed by atoms with Crippen molar-refractivity contribution in [1.29, 1.82) is 0 Å². The zero-order valence-electron chi connectivity index (χ0n) is 7.22. The van der Waals surface area contributed by atoms with Crippen molar-refractivity contribution in [2.75, 3.05) is 0 Å². The van der Waals surface area contributed by atoms with E-state index in [1.807, 2.05) is 6.92 Å². The quantitative estimate of drug-likeness (QED) is 0.853. The summed E-state index contributed by atoms with van der Waals surface area (Å²) in [4.78, 5) is 12.0. The lowest BCUT2D eigenvalue weighted by Crippen LogP contribution is -1.94. The first-order valence-electron chi connectivity index (χ1n) is 3.80. The summed E-state index contributed by atoms with van der Waals surface area (Å²) in [7, 11) is 0. The smallest absolute Gasteiger partial charge is 0.346 e. The summed E-state index contributed by atoms with van der Waals surface area (Å²) in [5, 5.41) is 14.5. The molecule has 2 heterocycles. The van der Waals surface area contributed by atoms with Crippen LogP contribution in [0.5, 0.6) is 0 Å². The third-order valence-corrected chi connectivity index (χ3v) is 3.52. The molecule has 0 fully saturated rings. The van der Waals surface area contributed by atoms with Crippen LogP contribution in [0.1, 0.15) is 15.4 Å². The van der Waals surface area contributed by atoms with E-state index in [1.165, 1.54) is 22.9 Å². The van der Waals surface area contributed by atoms with Gasteiger partial charge in [0.05, 0.1) is 10.6 Å². The average molecular weight is 226 g/mol. The maximum absolute atomic E-state index is 10.9.